The van der Waals surface area contributed by atoms with Crippen molar-refractivity contribution < 1.29 is 4.79 Å². The number of thioether (sulfide) groups is 1. The molecule has 1 aliphatic carbocycles. The third kappa shape index (κ3) is 4.43. The van der Waals surface area contributed by atoms with Crippen molar-refractivity contribution >= 4 is 41.0 Å². The van der Waals surface area contributed by atoms with E-state index in [1.807, 2.05) is 6.92 Å². The number of hydrogen-bond acceptors (Lipinski definition) is 6. The second kappa shape index (κ2) is 8.29. The van der Waals surface area contributed by atoms with Gasteiger partial charge in [-0.2, -0.15) is 0 Å². The summed E-state index contributed by atoms with van der Waals surface area (Å²) in [6.07, 6.45) is 6.19. The molecule has 1 amide bonds. The maximum atomic E-state index is 12.6. The first kappa shape index (κ1) is 19.5. The number of carbonyl (C=O) groups is 1. The molecule has 2 aliphatic rings. The van der Waals surface area contributed by atoms with E-state index in [2.05, 4.69) is 36.9 Å². The molecule has 1 aliphatic heterocycles. The van der Waals surface area contributed by atoms with Crippen LogP contribution < -0.4 is 10.2 Å². The van der Waals surface area contributed by atoms with Gasteiger partial charge in [-0.05, 0) is 50.7 Å². The minimum Gasteiger partial charge on any atom is -0.341 e. The fourth-order valence-electron chi connectivity index (χ4n) is 3.32. The number of hydrogen-bond donors (Lipinski definition) is 1. The van der Waals surface area contributed by atoms with Gasteiger partial charge in [0.2, 0.25) is 11.9 Å². The van der Waals surface area contributed by atoms with Crippen LogP contribution in [0.2, 0.25) is 5.02 Å². The molecule has 1 atom stereocenters. The van der Waals surface area contributed by atoms with Gasteiger partial charge in [-0.15, -0.1) is 10.2 Å². The first-order valence-corrected chi connectivity index (χ1v) is 11.1. The molecule has 3 heterocycles. The van der Waals surface area contributed by atoms with E-state index in [0.29, 0.717) is 16.9 Å². The van der Waals surface area contributed by atoms with Crippen molar-refractivity contribution in [2.24, 2.45) is 5.92 Å². The van der Waals surface area contributed by atoms with Crippen LogP contribution in [0.15, 0.2) is 23.5 Å². The number of piperidine rings is 1. The number of pyridine rings is 1. The largest absolute Gasteiger partial charge is 0.341 e. The molecular formula is C19H25ClN6OS. The average Bonchev–Trinajstić information content (AvgIpc) is 3.44. The molecular weight excluding hydrogens is 396 g/mol. The number of anilines is 2. The minimum atomic E-state index is -0.312. The number of aromatic nitrogens is 4. The summed E-state index contributed by atoms with van der Waals surface area (Å²) in [7, 11) is 0. The SMILES string of the molecule is CC1CCN(c2nnc(SC(C)C(=O)Nc3ccc(Cl)cn3)n2C2CC2)CC1. The highest BCUT2D eigenvalue weighted by molar-refractivity contribution is 8.00. The Bertz CT molecular complexity index is 829. The van der Waals surface area contributed by atoms with Gasteiger partial charge >= 0.3 is 0 Å². The van der Waals surface area contributed by atoms with Crippen molar-refractivity contribution in [3.8, 4) is 0 Å². The van der Waals surface area contributed by atoms with Gasteiger partial charge in [0, 0.05) is 25.3 Å². The van der Waals surface area contributed by atoms with Gasteiger partial charge in [-0.1, -0.05) is 30.3 Å². The summed E-state index contributed by atoms with van der Waals surface area (Å²) in [6, 6.07) is 3.86. The van der Waals surface area contributed by atoms with Crippen LogP contribution in [0, 0.1) is 5.92 Å². The van der Waals surface area contributed by atoms with Gasteiger partial charge in [0.15, 0.2) is 5.16 Å². The van der Waals surface area contributed by atoms with Crippen molar-refractivity contribution in [3.05, 3.63) is 23.4 Å². The predicted molar refractivity (Wildman–Crippen MR) is 112 cm³/mol. The van der Waals surface area contributed by atoms with E-state index in [1.165, 1.54) is 30.8 Å². The topological polar surface area (TPSA) is 75.9 Å². The van der Waals surface area contributed by atoms with Crippen molar-refractivity contribution in [1.82, 2.24) is 19.7 Å². The zero-order valence-corrected chi connectivity index (χ0v) is 17.7. The van der Waals surface area contributed by atoms with E-state index in [4.69, 9.17) is 11.6 Å². The summed E-state index contributed by atoms with van der Waals surface area (Å²) >= 11 is 7.30. The molecule has 4 rings (SSSR count). The molecule has 0 aromatic carbocycles. The lowest BCUT2D eigenvalue weighted by molar-refractivity contribution is -0.115. The average molecular weight is 421 g/mol. The second-order valence-corrected chi connectivity index (χ2v) is 9.41. The van der Waals surface area contributed by atoms with Crippen molar-refractivity contribution in [2.45, 2.75) is 56.0 Å². The first-order valence-electron chi connectivity index (χ1n) is 9.80. The van der Waals surface area contributed by atoms with E-state index in [9.17, 15) is 4.79 Å². The van der Waals surface area contributed by atoms with Crippen LogP contribution in [0.5, 0.6) is 0 Å². The van der Waals surface area contributed by atoms with Crippen LogP contribution in [-0.4, -0.2) is 44.0 Å². The molecule has 2 fully saturated rings. The quantitative estimate of drug-likeness (QED) is 0.711. The van der Waals surface area contributed by atoms with Crippen LogP contribution in [0.4, 0.5) is 11.8 Å². The first-order chi connectivity index (χ1) is 13.5. The maximum absolute atomic E-state index is 12.6. The van der Waals surface area contributed by atoms with Crippen LogP contribution >= 0.6 is 23.4 Å². The molecule has 28 heavy (non-hydrogen) atoms. The summed E-state index contributed by atoms with van der Waals surface area (Å²) < 4.78 is 2.24. The molecule has 0 bridgehead atoms. The molecule has 0 spiro atoms. The predicted octanol–water partition coefficient (Wildman–Crippen LogP) is 4.02. The Balaban J connectivity index is 1.45. The van der Waals surface area contributed by atoms with Gasteiger partial charge < -0.3 is 10.2 Å². The van der Waals surface area contributed by atoms with Crippen LogP contribution in [0.25, 0.3) is 0 Å². The molecule has 2 aromatic heterocycles. The van der Waals surface area contributed by atoms with Crippen molar-refractivity contribution in [2.75, 3.05) is 23.3 Å². The molecule has 1 N–H and O–H groups in total. The molecule has 7 nitrogen and oxygen atoms in total. The molecule has 0 radical (unpaired) electrons. The summed E-state index contributed by atoms with van der Waals surface area (Å²) in [4.78, 5) is 19.0. The van der Waals surface area contributed by atoms with Gasteiger partial charge in [0.05, 0.1) is 10.3 Å². The van der Waals surface area contributed by atoms with E-state index < -0.39 is 0 Å². The zero-order chi connectivity index (χ0) is 19.7. The third-order valence-corrected chi connectivity index (χ3v) is 6.54. The fourth-order valence-corrected chi connectivity index (χ4v) is 4.34. The Labute approximate surface area is 174 Å². The Hall–Kier alpha value is -1.80. The Kier molecular flexibility index (Phi) is 5.78. The molecule has 150 valence electrons. The number of rotatable bonds is 6. The minimum absolute atomic E-state index is 0.112. The third-order valence-electron chi connectivity index (χ3n) is 5.26. The number of nitrogens with one attached hydrogen (secondary N) is 1. The van der Waals surface area contributed by atoms with Gasteiger partial charge in [-0.25, -0.2) is 4.98 Å². The van der Waals surface area contributed by atoms with E-state index in [-0.39, 0.29) is 11.2 Å². The number of nitrogens with zero attached hydrogens (tertiary/aromatic N) is 5. The Morgan fingerprint density at radius 2 is 2.00 bits per heavy atom. The maximum Gasteiger partial charge on any atom is 0.238 e. The molecule has 1 saturated carbocycles. The van der Waals surface area contributed by atoms with Crippen LogP contribution in [0.3, 0.4) is 0 Å². The van der Waals surface area contributed by atoms with Crippen molar-refractivity contribution in [1.29, 1.82) is 0 Å². The van der Waals surface area contributed by atoms with Crippen molar-refractivity contribution in [3.63, 3.8) is 0 Å². The lowest BCUT2D eigenvalue weighted by Gasteiger charge is -2.31. The number of carbonyl (C=O) groups excluding carboxylic acids is 1. The van der Waals surface area contributed by atoms with Gasteiger partial charge in [0.1, 0.15) is 5.82 Å². The molecule has 2 aromatic rings. The summed E-state index contributed by atoms with van der Waals surface area (Å²) in [5.74, 6) is 2.11. The highest BCUT2D eigenvalue weighted by atomic mass is 35.5. The van der Waals surface area contributed by atoms with E-state index in [1.54, 1.807) is 12.1 Å². The number of halogens is 1. The monoisotopic (exact) mass is 420 g/mol. The molecule has 1 unspecified atom stereocenters. The second-order valence-electron chi connectivity index (χ2n) is 7.66. The molecule has 1 saturated heterocycles. The summed E-state index contributed by atoms with van der Waals surface area (Å²) in [5, 5.41) is 12.8. The lowest BCUT2D eigenvalue weighted by Crippen LogP contribution is -2.34. The Morgan fingerprint density at radius 3 is 2.64 bits per heavy atom. The number of amides is 1. The fraction of sp³-hybridized carbons (Fsp3) is 0.579. The van der Waals surface area contributed by atoms with Gasteiger partial charge in [0.25, 0.3) is 0 Å². The van der Waals surface area contributed by atoms with Gasteiger partial charge in [-0.3, -0.25) is 9.36 Å². The smallest absolute Gasteiger partial charge is 0.238 e. The summed E-state index contributed by atoms with van der Waals surface area (Å²) in [5.41, 5.74) is 0. The lowest BCUT2D eigenvalue weighted by atomic mass is 10.00. The highest BCUT2D eigenvalue weighted by Gasteiger charge is 2.33. The van der Waals surface area contributed by atoms with Crippen LogP contribution in [0.1, 0.15) is 45.6 Å². The molecule has 9 heteroatoms. The standard InChI is InChI=1S/C19H25ClN6OS/c1-12-7-9-25(10-8-12)18-23-24-19(26(18)15-4-5-15)28-13(2)17(27)22-16-6-3-14(20)11-21-16/h3,6,11-13,15H,4-5,7-10H2,1-2H3,(H,21,22,27). The van der Waals surface area contributed by atoms with E-state index >= 15 is 0 Å². The Morgan fingerprint density at radius 1 is 1.25 bits per heavy atom. The highest BCUT2D eigenvalue weighted by Crippen LogP contribution is 2.42. The van der Waals surface area contributed by atoms with Crippen LogP contribution in [-0.2, 0) is 4.79 Å². The normalized spacial score (nSPS) is 18.9. The summed E-state index contributed by atoms with van der Waals surface area (Å²) in [6.45, 7) is 6.23. The van der Waals surface area contributed by atoms with E-state index in [0.717, 1.165) is 43.0 Å². The zero-order valence-electron chi connectivity index (χ0n) is 16.1.